The molecule has 0 aliphatic carbocycles. The number of rotatable bonds is 6. The molecule has 1 N–H and O–H groups in total. The summed E-state index contributed by atoms with van der Waals surface area (Å²) in [6.45, 7) is 6.66. The molecule has 0 aromatic heterocycles. The number of aryl methyl sites for hydroxylation is 1. The molecule has 1 amide bonds. The largest absolute Gasteiger partial charge is 0.479 e. The molecular weight excluding hydrogens is 536 g/mol. The summed E-state index contributed by atoms with van der Waals surface area (Å²) in [6.07, 6.45) is -16.7. The lowest BCUT2D eigenvalue weighted by Gasteiger charge is -2.45. The van der Waals surface area contributed by atoms with Crippen LogP contribution in [0.3, 0.4) is 0 Å². The smallest absolute Gasteiger partial charge is 0.434 e. The normalized spacial score (nSPS) is 22.4. The SMILES string of the molecule is Cc1cc(CN(C)C2(C)CCN(C(=O)OC(C(F)(F)F)C(F)(F)F)CC2)cc(N2CCOC(C)(C(=O)O)C2)c1. The van der Waals surface area contributed by atoms with Gasteiger partial charge >= 0.3 is 24.4 Å². The Kier molecular flexibility index (Phi) is 8.71. The fourth-order valence-corrected chi connectivity index (χ4v) is 4.85. The first-order chi connectivity index (χ1) is 17.8. The van der Waals surface area contributed by atoms with Crippen LogP contribution in [0.25, 0.3) is 0 Å². The number of ether oxygens (including phenoxy) is 2. The molecule has 2 saturated heterocycles. The Labute approximate surface area is 222 Å². The van der Waals surface area contributed by atoms with Gasteiger partial charge in [0.1, 0.15) is 0 Å². The van der Waals surface area contributed by atoms with Gasteiger partial charge in [-0.25, -0.2) is 9.59 Å². The highest BCUT2D eigenvalue weighted by molar-refractivity contribution is 5.78. The number of carbonyl (C=O) groups excluding carboxylic acids is 1. The van der Waals surface area contributed by atoms with E-state index in [0.29, 0.717) is 25.9 Å². The Hall–Kier alpha value is -2.74. The van der Waals surface area contributed by atoms with Crippen molar-refractivity contribution in [3.05, 3.63) is 29.3 Å². The average molecular weight is 570 g/mol. The number of hydrogen-bond donors (Lipinski definition) is 1. The summed E-state index contributed by atoms with van der Waals surface area (Å²) in [5.74, 6) is -1.05. The Bertz CT molecular complexity index is 1040. The van der Waals surface area contributed by atoms with Crippen molar-refractivity contribution in [2.45, 2.75) is 69.8 Å². The Balaban J connectivity index is 1.65. The minimum atomic E-state index is -5.77. The lowest BCUT2D eigenvalue weighted by molar-refractivity contribution is -0.308. The summed E-state index contributed by atoms with van der Waals surface area (Å²) in [5.41, 5.74) is 0.931. The molecule has 8 nitrogen and oxygen atoms in total. The van der Waals surface area contributed by atoms with Crippen molar-refractivity contribution in [3.63, 3.8) is 0 Å². The maximum absolute atomic E-state index is 12.8. The second kappa shape index (κ2) is 11.0. The summed E-state index contributed by atoms with van der Waals surface area (Å²) in [5, 5.41) is 9.54. The van der Waals surface area contributed by atoms with Crippen molar-refractivity contribution in [2.75, 3.05) is 44.7 Å². The van der Waals surface area contributed by atoms with Crippen LogP contribution in [-0.4, -0.2) is 96.4 Å². The maximum Gasteiger partial charge on any atom is 0.434 e. The number of likely N-dealkylation sites (tertiary alicyclic amines) is 1. The monoisotopic (exact) mass is 569 g/mol. The molecule has 0 bridgehead atoms. The molecule has 220 valence electrons. The van der Waals surface area contributed by atoms with Crippen molar-refractivity contribution in [2.24, 2.45) is 0 Å². The molecule has 0 saturated carbocycles. The molecule has 1 aromatic carbocycles. The summed E-state index contributed by atoms with van der Waals surface area (Å²) < 4.78 is 85.9. The number of benzene rings is 1. The molecule has 3 rings (SSSR count). The van der Waals surface area contributed by atoms with Crippen molar-refractivity contribution in [3.8, 4) is 0 Å². The van der Waals surface area contributed by atoms with E-state index in [2.05, 4.69) is 4.74 Å². The van der Waals surface area contributed by atoms with E-state index in [-0.39, 0.29) is 26.2 Å². The number of hydrogen-bond acceptors (Lipinski definition) is 6. The van der Waals surface area contributed by atoms with Crippen LogP contribution in [0.2, 0.25) is 0 Å². The second-order valence-corrected chi connectivity index (χ2v) is 10.7. The van der Waals surface area contributed by atoms with E-state index in [1.165, 1.54) is 6.92 Å². The number of carbonyl (C=O) groups is 2. The number of carboxylic acids is 1. The molecule has 2 aliphatic heterocycles. The molecule has 0 spiro atoms. The van der Waals surface area contributed by atoms with Crippen LogP contribution in [0, 0.1) is 6.92 Å². The minimum Gasteiger partial charge on any atom is -0.479 e. The third-order valence-electron chi connectivity index (χ3n) is 7.47. The predicted molar refractivity (Wildman–Crippen MR) is 128 cm³/mol. The van der Waals surface area contributed by atoms with Gasteiger partial charge in [0.25, 0.3) is 6.10 Å². The van der Waals surface area contributed by atoms with Crippen LogP contribution in [0.5, 0.6) is 0 Å². The topological polar surface area (TPSA) is 82.5 Å². The first-order valence-electron chi connectivity index (χ1n) is 12.4. The summed E-state index contributed by atoms with van der Waals surface area (Å²) in [6, 6.07) is 5.90. The van der Waals surface area contributed by atoms with Crippen LogP contribution in [0.15, 0.2) is 18.2 Å². The highest BCUT2D eigenvalue weighted by atomic mass is 19.4. The average Bonchev–Trinajstić information content (AvgIpc) is 2.81. The fraction of sp³-hybridized carbons (Fsp3) is 0.680. The number of amides is 1. The second-order valence-electron chi connectivity index (χ2n) is 10.7. The van der Waals surface area contributed by atoms with Gasteiger partial charge in [-0.2, -0.15) is 26.3 Å². The van der Waals surface area contributed by atoms with Gasteiger partial charge in [-0.05, 0) is 63.9 Å². The zero-order chi connectivity index (χ0) is 29.4. The van der Waals surface area contributed by atoms with Crippen molar-refractivity contribution < 1.29 is 50.5 Å². The first-order valence-corrected chi connectivity index (χ1v) is 12.4. The quantitative estimate of drug-likeness (QED) is 0.502. The van der Waals surface area contributed by atoms with Gasteiger partial charge in [-0.1, -0.05) is 6.07 Å². The van der Waals surface area contributed by atoms with Crippen LogP contribution in [0.4, 0.5) is 36.8 Å². The summed E-state index contributed by atoms with van der Waals surface area (Å²) in [7, 11) is 1.86. The fourth-order valence-electron chi connectivity index (χ4n) is 4.85. The number of halogens is 6. The highest BCUT2D eigenvalue weighted by Gasteiger charge is 2.60. The van der Waals surface area contributed by atoms with Crippen molar-refractivity contribution >= 4 is 17.7 Å². The number of nitrogens with zero attached hydrogens (tertiary/aromatic N) is 3. The lowest BCUT2D eigenvalue weighted by atomic mass is 9.87. The zero-order valence-corrected chi connectivity index (χ0v) is 22.2. The molecule has 1 unspecified atom stereocenters. The number of anilines is 1. The molecule has 1 aromatic rings. The Morgan fingerprint density at radius 3 is 2.21 bits per heavy atom. The molecular formula is C25H33F6N3O5. The standard InChI is InChI=1S/C25H33F6N3O5/c1-16-11-17(13-18(12-16)34-9-10-38-23(3,15-34)20(35)36)14-32(4)22(2)5-7-33(8-6-22)21(37)39-19(24(26,27)28)25(29,30)31/h11-13,19H,5-10,14-15H2,1-4H3,(H,35,36). The van der Waals surface area contributed by atoms with Gasteiger partial charge in [-0.3, -0.25) is 4.90 Å². The van der Waals surface area contributed by atoms with Gasteiger partial charge in [0.05, 0.1) is 13.2 Å². The van der Waals surface area contributed by atoms with E-state index in [9.17, 15) is 41.0 Å². The lowest BCUT2D eigenvalue weighted by Crippen LogP contribution is -2.55. The number of morpholine rings is 1. The van der Waals surface area contributed by atoms with Crippen LogP contribution in [0.1, 0.15) is 37.8 Å². The van der Waals surface area contributed by atoms with Gasteiger partial charge in [0.15, 0.2) is 5.60 Å². The minimum absolute atomic E-state index is 0.0667. The predicted octanol–water partition coefficient (Wildman–Crippen LogP) is 4.59. The van der Waals surface area contributed by atoms with E-state index in [0.717, 1.165) is 21.7 Å². The van der Waals surface area contributed by atoms with Crippen LogP contribution >= 0.6 is 0 Å². The molecule has 14 heteroatoms. The number of aliphatic carboxylic acids is 1. The van der Waals surface area contributed by atoms with Crippen molar-refractivity contribution in [1.82, 2.24) is 9.80 Å². The molecule has 2 fully saturated rings. The number of piperidine rings is 1. The Morgan fingerprint density at radius 2 is 1.67 bits per heavy atom. The van der Waals surface area contributed by atoms with E-state index < -0.39 is 41.7 Å². The Morgan fingerprint density at radius 1 is 1.08 bits per heavy atom. The third kappa shape index (κ3) is 7.27. The van der Waals surface area contributed by atoms with E-state index in [1.807, 2.05) is 48.9 Å². The molecule has 1 atom stereocenters. The van der Waals surface area contributed by atoms with Crippen LogP contribution in [-0.2, 0) is 20.8 Å². The van der Waals surface area contributed by atoms with E-state index >= 15 is 0 Å². The van der Waals surface area contributed by atoms with Gasteiger partial charge in [0, 0.05) is 37.4 Å². The van der Waals surface area contributed by atoms with E-state index in [1.54, 1.807) is 0 Å². The van der Waals surface area contributed by atoms with Gasteiger partial charge in [-0.15, -0.1) is 0 Å². The number of carboxylic acid groups (broad SMARTS) is 1. The van der Waals surface area contributed by atoms with Gasteiger partial charge < -0.3 is 24.4 Å². The zero-order valence-electron chi connectivity index (χ0n) is 22.2. The molecule has 0 radical (unpaired) electrons. The van der Waals surface area contributed by atoms with Crippen molar-refractivity contribution in [1.29, 1.82) is 0 Å². The molecule has 2 heterocycles. The molecule has 2 aliphatic rings. The molecule has 39 heavy (non-hydrogen) atoms. The number of alkyl halides is 6. The first kappa shape index (κ1) is 30.8. The third-order valence-corrected chi connectivity index (χ3v) is 7.47. The maximum atomic E-state index is 12.8. The van der Waals surface area contributed by atoms with Crippen LogP contribution < -0.4 is 4.90 Å². The summed E-state index contributed by atoms with van der Waals surface area (Å²) in [4.78, 5) is 28.6. The highest BCUT2D eigenvalue weighted by Crippen LogP contribution is 2.37. The van der Waals surface area contributed by atoms with E-state index in [4.69, 9.17) is 4.74 Å². The van der Waals surface area contributed by atoms with Gasteiger partial charge in [0.2, 0.25) is 0 Å². The summed E-state index contributed by atoms with van der Waals surface area (Å²) >= 11 is 0.